The van der Waals surface area contributed by atoms with Crippen LogP contribution in [-0.2, 0) is 18.7 Å². The molecule has 0 aliphatic carbocycles. The van der Waals surface area contributed by atoms with Gasteiger partial charge < -0.3 is 3.83 Å². The van der Waals surface area contributed by atoms with Gasteiger partial charge in [0.25, 0.3) is 10.1 Å². The quantitative estimate of drug-likeness (QED) is 0.616. The number of carbonyl (C=O) groups is 1. The van der Waals surface area contributed by atoms with Crippen molar-refractivity contribution in [2.75, 3.05) is 0 Å². The molecule has 0 bridgehead atoms. The predicted molar refractivity (Wildman–Crippen MR) is 54.2 cm³/mol. The van der Waals surface area contributed by atoms with Gasteiger partial charge in [0.1, 0.15) is 0 Å². The zero-order valence-corrected chi connectivity index (χ0v) is 9.97. The fourth-order valence-corrected chi connectivity index (χ4v) is 1.59. The van der Waals surface area contributed by atoms with Gasteiger partial charge in [0, 0.05) is 0 Å². The Bertz CT molecular complexity index is 319. The highest BCUT2D eigenvalue weighted by Crippen LogP contribution is 2.12. The van der Waals surface area contributed by atoms with Crippen molar-refractivity contribution in [2.24, 2.45) is 0 Å². The Kier molecular flexibility index (Phi) is 5.98. The van der Waals surface area contributed by atoms with Gasteiger partial charge in [-0.25, -0.2) is 4.79 Å². The Morgan fingerprint density at radius 3 is 2.50 bits per heavy atom. The van der Waals surface area contributed by atoms with Crippen LogP contribution in [0.1, 0.15) is 26.2 Å². The maximum Gasteiger partial charge on any atom is 0.346 e. The van der Waals surface area contributed by atoms with Crippen LogP contribution in [0, 0.1) is 0 Å². The lowest BCUT2D eigenvalue weighted by Gasteiger charge is -2.01. The molecule has 7 heteroatoms. The smallest absolute Gasteiger partial charge is 0.346 e. The van der Waals surface area contributed by atoms with Gasteiger partial charge in [0.2, 0.25) is 0 Å². The van der Waals surface area contributed by atoms with E-state index in [1.54, 1.807) is 0 Å². The summed E-state index contributed by atoms with van der Waals surface area (Å²) in [6.07, 6.45) is 1.70. The molecule has 0 radical (unpaired) electrons. The summed E-state index contributed by atoms with van der Waals surface area (Å²) in [5.74, 6) is -0.809. The van der Waals surface area contributed by atoms with Gasteiger partial charge in [-0.1, -0.05) is 13.3 Å². The van der Waals surface area contributed by atoms with Crippen molar-refractivity contribution in [1.82, 2.24) is 0 Å². The summed E-state index contributed by atoms with van der Waals surface area (Å²) in [4.78, 5) is 11.0. The van der Waals surface area contributed by atoms with E-state index in [4.69, 9.17) is 4.55 Å². The minimum atomic E-state index is -4.29. The van der Waals surface area contributed by atoms with E-state index in [9.17, 15) is 13.2 Å². The number of hydrogen-bond donors (Lipinski definition) is 1. The van der Waals surface area contributed by atoms with E-state index in [-0.39, 0.29) is 12.0 Å². The third kappa shape index (κ3) is 6.11. The Labute approximate surface area is 91.3 Å². The second-order valence-electron chi connectivity index (χ2n) is 2.63. The molecule has 0 amide bonds. The monoisotopic (exact) mass is 286 g/mol. The summed E-state index contributed by atoms with van der Waals surface area (Å²) >= 11 is 2.45. The van der Waals surface area contributed by atoms with E-state index in [0.717, 1.165) is 6.42 Å². The van der Waals surface area contributed by atoms with Crippen molar-refractivity contribution < 1.29 is 21.6 Å². The zero-order chi connectivity index (χ0) is 11.2. The van der Waals surface area contributed by atoms with E-state index < -0.39 is 16.1 Å². The van der Waals surface area contributed by atoms with Crippen LogP contribution < -0.4 is 0 Å². The van der Waals surface area contributed by atoms with Crippen LogP contribution in [0.25, 0.3) is 0 Å². The molecule has 0 saturated carbocycles. The van der Waals surface area contributed by atoms with Crippen LogP contribution in [0.2, 0.25) is 0 Å². The summed E-state index contributed by atoms with van der Waals surface area (Å²) < 4.78 is 33.7. The highest BCUT2D eigenvalue weighted by Gasteiger charge is 2.13. The van der Waals surface area contributed by atoms with E-state index in [0.29, 0.717) is 11.8 Å². The summed E-state index contributed by atoms with van der Waals surface area (Å²) in [5, 5.41) is 0.506. The van der Waals surface area contributed by atoms with Crippen LogP contribution in [0.15, 0.2) is 11.0 Å². The number of hydrogen-bond acceptors (Lipinski definition) is 4. The van der Waals surface area contributed by atoms with E-state index in [1.165, 1.54) is 0 Å². The van der Waals surface area contributed by atoms with Crippen LogP contribution in [0.3, 0.4) is 0 Å². The molecule has 0 atom stereocenters. The fourth-order valence-electron chi connectivity index (χ4n) is 0.806. The second-order valence-corrected chi connectivity index (χ2v) is 4.22. The molecule has 0 aliphatic heterocycles. The molecule has 0 heterocycles. The van der Waals surface area contributed by atoms with Gasteiger partial charge in [-0.15, -0.1) is 0 Å². The van der Waals surface area contributed by atoms with E-state index >= 15 is 0 Å². The summed E-state index contributed by atoms with van der Waals surface area (Å²) in [5.41, 5.74) is -0.0776. The summed E-state index contributed by atoms with van der Waals surface area (Å²) in [7, 11) is -4.29. The Balaban J connectivity index is 4.73. The lowest BCUT2D eigenvalue weighted by molar-refractivity contribution is -0.128. The minimum Gasteiger partial charge on any atom is -0.380 e. The van der Waals surface area contributed by atoms with Gasteiger partial charge in [-0.05, 0) is 12.8 Å². The molecule has 82 valence electrons. The van der Waals surface area contributed by atoms with Gasteiger partial charge in [-0.2, -0.15) is 8.42 Å². The maximum absolute atomic E-state index is 11.0. The SMILES string of the molecule is CCCCC(=CS(=O)(=O)O)C(=O)OBr. The van der Waals surface area contributed by atoms with Crippen molar-refractivity contribution in [3.63, 3.8) is 0 Å². The Morgan fingerprint density at radius 2 is 2.14 bits per heavy atom. The van der Waals surface area contributed by atoms with E-state index in [1.807, 2.05) is 6.92 Å². The first kappa shape index (κ1) is 13.6. The van der Waals surface area contributed by atoms with Crippen molar-refractivity contribution in [3.05, 3.63) is 11.0 Å². The minimum absolute atomic E-state index is 0.0776. The average molecular weight is 287 g/mol. The van der Waals surface area contributed by atoms with Crippen molar-refractivity contribution in [3.8, 4) is 0 Å². The molecule has 0 spiro atoms. The number of rotatable bonds is 5. The third-order valence-corrected chi connectivity index (χ3v) is 2.30. The van der Waals surface area contributed by atoms with Crippen molar-refractivity contribution >= 4 is 32.3 Å². The van der Waals surface area contributed by atoms with Crippen molar-refractivity contribution in [2.45, 2.75) is 26.2 Å². The van der Waals surface area contributed by atoms with Gasteiger partial charge in [0.05, 0.1) is 11.0 Å². The molecule has 1 N–H and O–H groups in total. The highest BCUT2D eigenvalue weighted by atomic mass is 79.9. The Hall–Kier alpha value is -0.400. The molecule has 0 aromatic carbocycles. The van der Waals surface area contributed by atoms with Gasteiger partial charge in [-0.3, -0.25) is 4.55 Å². The van der Waals surface area contributed by atoms with Gasteiger partial charge in [0.15, 0.2) is 16.3 Å². The molecule has 0 aromatic rings. The molecular weight excluding hydrogens is 276 g/mol. The van der Waals surface area contributed by atoms with Crippen LogP contribution in [0.5, 0.6) is 0 Å². The number of unbranched alkanes of at least 4 members (excludes halogenated alkanes) is 1. The first-order chi connectivity index (χ1) is 6.40. The Morgan fingerprint density at radius 1 is 1.57 bits per heavy atom. The van der Waals surface area contributed by atoms with Gasteiger partial charge >= 0.3 is 5.97 Å². The predicted octanol–water partition coefficient (Wildman–Crippen LogP) is 1.80. The molecule has 14 heavy (non-hydrogen) atoms. The normalized spacial score (nSPS) is 12.6. The lowest BCUT2D eigenvalue weighted by Crippen LogP contribution is -2.05. The number of carbonyl (C=O) groups excluding carboxylic acids is 1. The largest absolute Gasteiger partial charge is 0.380 e. The average Bonchev–Trinajstić information content (AvgIpc) is 2.09. The van der Waals surface area contributed by atoms with E-state index in [2.05, 4.69) is 20.1 Å². The summed E-state index contributed by atoms with van der Waals surface area (Å²) in [6.45, 7) is 1.89. The third-order valence-electron chi connectivity index (χ3n) is 1.42. The molecule has 0 unspecified atom stereocenters. The number of halogens is 1. The van der Waals surface area contributed by atoms with Crippen molar-refractivity contribution in [1.29, 1.82) is 0 Å². The molecule has 5 nitrogen and oxygen atoms in total. The standard InChI is InChI=1S/C7H11BrO5S/c1-2-3-4-6(7(9)13-8)5-14(10,11)12/h5H,2-4H2,1H3,(H,10,11,12). The zero-order valence-electron chi connectivity index (χ0n) is 7.57. The molecule has 0 saturated heterocycles. The van der Waals surface area contributed by atoms with Crippen LogP contribution >= 0.6 is 16.3 Å². The first-order valence-corrected chi connectivity index (χ1v) is 6.06. The maximum atomic E-state index is 11.0. The fraction of sp³-hybridized carbons (Fsp3) is 0.571. The summed E-state index contributed by atoms with van der Waals surface area (Å²) in [6, 6.07) is 0. The molecular formula is C7H11BrO5S. The molecule has 0 rings (SSSR count). The highest BCUT2D eigenvalue weighted by molar-refractivity contribution is 9.06. The molecule has 0 aliphatic rings. The molecule has 0 aromatic heterocycles. The topological polar surface area (TPSA) is 80.7 Å². The van der Waals surface area contributed by atoms with Crippen LogP contribution in [-0.4, -0.2) is 18.9 Å². The molecule has 0 fully saturated rings. The first-order valence-electron chi connectivity index (χ1n) is 3.91. The second kappa shape index (κ2) is 6.15. The lowest BCUT2D eigenvalue weighted by atomic mass is 10.1. The van der Waals surface area contributed by atoms with Crippen LogP contribution in [0.4, 0.5) is 0 Å².